The summed E-state index contributed by atoms with van der Waals surface area (Å²) in [7, 11) is 0. The third-order valence-corrected chi connectivity index (χ3v) is 5.57. The molecule has 124 valence electrons. The molecule has 4 rings (SSSR count). The lowest BCUT2D eigenvalue weighted by molar-refractivity contribution is 0.185. The maximum Gasteiger partial charge on any atom is 0.269 e. The highest BCUT2D eigenvalue weighted by Gasteiger charge is 2.16. The number of H-pyrrole nitrogens is 1. The van der Waals surface area contributed by atoms with Gasteiger partial charge in [-0.2, -0.15) is 0 Å². The molecule has 3 aromatic heterocycles. The molecule has 24 heavy (non-hydrogen) atoms. The number of likely N-dealkylation sites (tertiary alicyclic amines) is 1. The van der Waals surface area contributed by atoms with Gasteiger partial charge < -0.3 is 4.98 Å². The molecule has 0 spiro atoms. The van der Waals surface area contributed by atoms with E-state index in [1.54, 1.807) is 6.20 Å². The molecule has 1 N–H and O–H groups in total. The Morgan fingerprint density at radius 2 is 2.17 bits per heavy atom. The zero-order valence-corrected chi connectivity index (χ0v) is 14.5. The van der Waals surface area contributed by atoms with Crippen LogP contribution in [0.25, 0.3) is 21.7 Å². The number of piperidine rings is 1. The van der Waals surface area contributed by atoms with Crippen molar-refractivity contribution in [1.82, 2.24) is 19.9 Å². The molecule has 4 heterocycles. The van der Waals surface area contributed by atoms with E-state index in [0.29, 0.717) is 10.5 Å². The van der Waals surface area contributed by atoms with Crippen LogP contribution in [-0.2, 0) is 6.54 Å². The van der Waals surface area contributed by atoms with Gasteiger partial charge in [-0.15, -0.1) is 11.3 Å². The Labute approximate surface area is 144 Å². The van der Waals surface area contributed by atoms with Crippen molar-refractivity contribution in [3.63, 3.8) is 0 Å². The number of aromatic nitrogens is 3. The van der Waals surface area contributed by atoms with Gasteiger partial charge in [-0.25, -0.2) is 4.98 Å². The first-order valence-electron chi connectivity index (χ1n) is 8.34. The van der Waals surface area contributed by atoms with Gasteiger partial charge in [0.05, 0.1) is 5.52 Å². The number of aromatic amines is 1. The molecule has 0 radical (unpaired) electrons. The minimum absolute atomic E-state index is 0.0952. The molecule has 1 aliphatic rings. The maximum absolute atomic E-state index is 12.1. The molecule has 0 aromatic carbocycles. The number of hydrogen-bond donors (Lipinski definition) is 1. The van der Waals surface area contributed by atoms with E-state index in [1.165, 1.54) is 29.7 Å². The Kier molecular flexibility index (Phi) is 4.16. The van der Waals surface area contributed by atoms with Crippen molar-refractivity contribution in [1.29, 1.82) is 0 Å². The summed E-state index contributed by atoms with van der Waals surface area (Å²) in [6.45, 7) is 5.54. The van der Waals surface area contributed by atoms with Crippen LogP contribution in [0, 0.1) is 5.92 Å². The smallest absolute Gasteiger partial charge is 0.269 e. The van der Waals surface area contributed by atoms with E-state index < -0.39 is 0 Å². The molecular formula is C18H20N4OS. The van der Waals surface area contributed by atoms with Crippen molar-refractivity contribution in [2.45, 2.75) is 26.3 Å². The zero-order chi connectivity index (χ0) is 16.5. The summed E-state index contributed by atoms with van der Waals surface area (Å²) in [6, 6.07) is 5.95. The van der Waals surface area contributed by atoms with E-state index in [4.69, 9.17) is 0 Å². The molecule has 0 bridgehead atoms. The fourth-order valence-electron chi connectivity index (χ4n) is 3.17. The predicted octanol–water partition coefficient (Wildman–Crippen LogP) is 3.28. The second-order valence-corrected chi connectivity index (χ2v) is 7.47. The first-order valence-corrected chi connectivity index (χ1v) is 9.22. The lowest BCUT2D eigenvalue weighted by Crippen LogP contribution is -2.32. The van der Waals surface area contributed by atoms with Gasteiger partial charge in [0.1, 0.15) is 10.4 Å². The molecule has 0 unspecified atom stereocenters. The van der Waals surface area contributed by atoms with Gasteiger partial charge in [-0.1, -0.05) is 6.92 Å². The fourth-order valence-corrected chi connectivity index (χ4v) is 3.90. The Balaban J connectivity index is 1.60. The van der Waals surface area contributed by atoms with Crippen LogP contribution in [0.3, 0.4) is 0 Å². The van der Waals surface area contributed by atoms with Gasteiger partial charge >= 0.3 is 0 Å². The van der Waals surface area contributed by atoms with E-state index >= 15 is 0 Å². The Morgan fingerprint density at radius 1 is 1.33 bits per heavy atom. The van der Waals surface area contributed by atoms with Crippen molar-refractivity contribution in [2.24, 2.45) is 5.92 Å². The van der Waals surface area contributed by atoms with Crippen molar-refractivity contribution in [2.75, 3.05) is 13.1 Å². The first-order chi connectivity index (χ1) is 11.7. The van der Waals surface area contributed by atoms with E-state index in [1.807, 2.05) is 23.6 Å². The van der Waals surface area contributed by atoms with E-state index in [9.17, 15) is 4.79 Å². The standard InChI is InChI=1S/C18H20N4OS/c1-12-3-7-22(8-4-12)11-13-2-6-19-15(10-13)17-20-14-5-9-24-16(14)18(23)21-17/h2,5-6,9-10,12H,3-4,7-8,11H2,1H3,(H,20,21,23). The van der Waals surface area contributed by atoms with Crippen LogP contribution in [0.1, 0.15) is 25.3 Å². The highest BCUT2D eigenvalue weighted by atomic mass is 32.1. The Hall–Kier alpha value is -2.05. The fraction of sp³-hybridized carbons (Fsp3) is 0.389. The van der Waals surface area contributed by atoms with Crippen LogP contribution >= 0.6 is 11.3 Å². The average molecular weight is 340 g/mol. The van der Waals surface area contributed by atoms with Crippen molar-refractivity contribution in [3.8, 4) is 11.5 Å². The predicted molar refractivity (Wildman–Crippen MR) is 97.1 cm³/mol. The van der Waals surface area contributed by atoms with E-state index in [-0.39, 0.29) is 5.56 Å². The quantitative estimate of drug-likeness (QED) is 0.795. The summed E-state index contributed by atoms with van der Waals surface area (Å²) >= 11 is 1.41. The van der Waals surface area contributed by atoms with Gasteiger partial charge in [0.25, 0.3) is 5.56 Å². The zero-order valence-electron chi connectivity index (χ0n) is 13.7. The van der Waals surface area contributed by atoms with Crippen LogP contribution in [-0.4, -0.2) is 32.9 Å². The van der Waals surface area contributed by atoms with Crippen molar-refractivity contribution < 1.29 is 0 Å². The number of pyridine rings is 1. The number of hydrogen-bond acceptors (Lipinski definition) is 5. The normalized spacial score (nSPS) is 16.7. The molecule has 3 aromatic rings. The largest absolute Gasteiger partial charge is 0.304 e. The molecule has 0 aliphatic carbocycles. The molecule has 5 nitrogen and oxygen atoms in total. The number of rotatable bonds is 3. The highest BCUT2D eigenvalue weighted by Crippen LogP contribution is 2.21. The second-order valence-electron chi connectivity index (χ2n) is 6.56. The summed E-state index contributed by atoms with van der Waals surface area (Å²) in [5.74, 6) is 1.38. The summed E-state index contributed by atoms with van der Waals surface area (Å²) in [5, 5.41) is 1.89. The summed E-state index contributed by atoms with van der Waals surface area (Å²) in [4.78, 5) is 26.4. The lowest BCUT2D eigenvalue weighted by Gasteiger charge is -2.30. The SMILES string of the molecule is CC1CCN(Cc2ccnc(-c3nc4ccsc4c(=O)[nH]3)c2)CC1. The van der Waals surface area contributed by atoms with Crippen LogP contribution in [0.2, 0.25) is 0 Å². The van der Waals surface area contributed by atoms with Gasteiger partial charge in [0.2, 0.25) is 0 Å². The number of nitrogens with one attached hydrogen (secondary N) is 1. The Bertz CT molecular complexity index is 909. The minimum Gasteiger partial charge on any atom is -0.304 e. The van der Waals surface area contributed by atoms with Crippen LogP contribution < -0.4 is 5.56 Å². The molecule has 0 amide bonds. The Morgan fingerprint density at radius 3 is 3.00 bits per heavy atom. The molecule has 0 saturated carbocycles. The topological polar surface area (TPSA) is 61.9 Å². The molecule has 1 aliphatic heterocycles. The van der Waals surface area contributed by atoms with Crippen LogP contribution in [0.4, 0.5) is 0 Å². The number of fused-ring (bicyclic) bond motifs is 1. The minimum atomic E-state index is -0.0952. The molecule has 1 saturated heterocycles. The highest BCUT2D eigenvalue weighted by molar-refractivity contribution is 7.17. The summed E-state index contributed by atoms with van der Waals surface area (Å²) < 4.78 is 0.664. The number of thiophene rings is 1. The van der Waals surface area contributed by atoms with Crippen molar-refractivity contribution in [3.05, 3.63) is 45.7 Å². The van der Waals surface area contributed by atoms with Gasteiger partial charge in [-0.05, 0) is 61.0 Å². The second kappa shape index (κ2) is 6.45. The maximum atomic E-state index is 12.1. The van der Waals surface area contributed by atoms with Crippen LogP contribution in [0.15, 0.2) is 34.6 Å². The lowest BCUT2D eigenvalue weighted by atomic mass is 9.99. The molecule has 6 heteroatoms. The average Bonchev–Trinajstić information content (AvgIpc) is 3.06. The molecular weight excluding hydrogens is 320 g/mol. The first kappa shape index (κ1) is 15.5. The summed E-state index contributed by atoms with van der Waals surface area (Å²) in [5.41, 5.74) is 2.57. The third-order valence-electron chi connectivity index (χ3n) is 4.66. The van der Waals surface area contributed by atoms with Crippen molar-refractivity contribution >= 4 is 21.6 Å². The molecule has 1 fully saturated rings. The summed E-state index contributed by atoms with van der Waals surface area (Å²) in [6.07, 6.45) is 4.33. The number of nitrogens with zero attached hydrogens (tertiary/aromatic N) is 3. The van der Waals surface area contributed by atoms with E-state index in [0.717, 1.165) is 36.8 Å². The monoisotopic (exact) mass is 340 g/mol. The van der Waals surface area contributed by atoms with Gasteiger partial charge in [0.15, 0.2) is 5.82 Å². The van der Waals surface area contributed by atoms with Gasteiger partial charge in [-0.3, -0.25) is 14.7 Å². The third kappa shape index (κ3) is 3.12. The van der Waals surface area contributed by atoms with E-state index in [2.05, 4.69) is 26.8 Å². The van der Waals surface area contributed by atoms with Gasteiger partial charge in [0, 0.05) is 12.7 Å². The molecule has 0 atom stereocenters. The van der Waals surface area contributed by atoms with Crippen LogP contribution in [0.5, 0.6) is 0 Å².